The topological polar surface area (TPSA) is 49.0 Å². The highest BCUT2D eigenvalue weighted by atomic mass is 19.1. The fraction of sp³-hybridized carbons (Fsp3) is 0.231. The summed E-state index contributed by atoms with van der Waals surface area (Å²) >= 11 is 0. The highest BCUT2D eigenvalue weighted by Crippen LogP contribution is 2.21. The number of hydrogen-bond acceptors (Lipinski definition) is 2. The van der Waals surface area contributed by atoms with Gasteiger partial charge >= 0.3 is 0 Å². The molecule has 2 aromatic rings. The molecule has 1 N–H and O–H groups in total. The summed E-state index contributed by atoms with van der Waals surface area (Å²) in [7, 11) is 1.55. The molecule has 94 valence electrons. The molecule has 1 aromatic carbocycles. The van der Waals surface area contributed by atoms with Crippen molar-refractivity contribution in [3.05, 3.63) is 47.0 Å². The molecule has 0 fully saturated rings. The molecule has 5 heteroatoms. The van der Waals surface area contributed by atoms with Crippen molar-refractivity contribution in [1.82, 2.24) is 10.2 Å². The van der Waals surface area contributed by atoms with E-state index in [4.69, 9.17) is 0 Å². The van der Waals surface area contributed by atoms with Gasteiger partial charge in [0.1, 0.15) is 5.82 Å². The monoisotopic (exact) mass is 247 g/mol. The van der Waals surface area contributed by atoms with Gasteiger partial charge < -0.3 is 4.90 Å². The molecule has 0 saturated carbocycles. The number of carbonyl (C=O) groups excluding carboxylic acids is 1. The van der Waals surface area contributed by atoms with Crippen LogP contribution in [0.4, 0.5) is 10.1 Å². The van der Waals surface area contributed by atoms with Gasteiger partial charge in [-0.2, -0.15) is 5.10 Å². The van der Waals surface area contributed by atoms with Crippen molar-refractivity contribution in [2.24, 2.45) is 0 Å². The van der Waals surface area contributed by atoms with Gasteiger partial charge in [0.15, 0.2) is 0 Å². The van der Waals surface area contributed by atoms with Gasteiger partial charge in [0, 0.05) is 12.7 Å². The number of para-hydroxylation sites is 1. The number of aromatic nitrogens is 2. The van der Waals surface area contributed by atoms with Crippen LogP contribution in [0.15, 0.2) is 24.3 Å². The third-order valence-corrected chi connectivity index (χ3v) is 2.86. The van der Waals surface area contributed by atoms with Gasteiger partial charge in [-0.05, 0) is 26.0 Å². The molecule has 0 aliphatic carbocycles. The molecule has 0 aliphatic heterocycles. The Morgan fingerprint density at radius 3 is 2.56 bits per heavy atom. The predicted molar refractivity (Wildman–Crippen MR) is 67.2 cm³/mol. The maximum Gasteiger partial charge on any atom is 0.261 e. The average Bonchev–Trinajstić information content (AvgIpc) is 2.68. The molecule has 1 aromatic heterocycles. The molecule has 0 bridgehead atoms. The summed E-state index contributed by atoms with van der Waals surface area (Å²) in [4.78, 5) is 13.6. The van der Waals surface area contributed by atoms with Crippen molar-refractivity contribution in [3.8, 4) is 0 Å². The Morgan fingerprint density at radius 1 is 1.33 bits per heavy atom. The standard InChI is InChI=1S/C13H14FN3O/c1-8-12(9(2)16-15-8)13(18)17(3)11-7-5-4-6-10(11)14/h4-7H,1-3H3,(H,15,16). The van der Waals surface area contributed by atoms with E-state index in [2.05, 4.69) is 10.2 Å². The second-order valence-electron chi connectivity index (χ2n) is 4.12. The summed E-state index contributed by atoms with van der Waals surface area (Å²) in [5, 5.41) is 6.72. The van der Waals surface area contributed by atoms with E-state index in [9.17, 15) is 9.18 Å². The molecule has 2 rings (SSSR count). The number of H-pyrrole nitrogens is 1. The molecule has 0 unspecified atom stereocenters. The Hall–Kier alpha value is -2.17. The van der Waals surface area contributed by atoms with Crippen molar-refractivity contribution in [1.29, 1.82) is 0 Å². The first-order valence-electron chi connectivity index (χ1n) is 5.56. The Balaban J connectivity index is 2.39. The van der Waals surface area contributed by atoms with Crippen LogP contribution in [0.5, 0.6) is 0 Å². The van der Waals surface area contributed by atoms with Crippen molar-refractivity contribution in [2.45, 2.75) is 13.8 Å². The molecule has 4 nitrogen and oxygen atoms in total. The zero-order valence-electron chi connectivity index (χ0n) is 10.5. The minimum Gasteiger partial charge on any atom is -0.309 e. The van der Waals surface area contributed by atoms with Crippen LogP contribution in [0.25, 0.3) is 0 Å². The maximum atomic E-state index is 13.6. The van der Waals surface area contributed by atoms with Crippen molar-refractivity contribution in [2.75, 3.05) is 11.9 Å². The number of nitrogens with zero attached hydrogens (tertiary/aromatic N) is 2. The molecular formula is C13H14FN3O. The highest BCUT2D eigenvalue weighted by Gasteiger charge is 2.21. The third kappa shape index (κ3) is 1.99. The molecule has 18 heavy (non-hydrogen) atoms. The number of anilines is 1. The van der Waals surface area contributed by atoms with Crippen molar-refractivity contribution < 1.29 is 9.18 Å². The van der Waals surface area contributed by atoms with Crippen LogP contribution in [0.1, 0.15) is 21.7 Å². The van der Waals surface area contributed by atoms with Crippen LogP contribution < -0.4 is 4.90 Å². The summed E-state index contributed by atoms with van der Waals surface area (Å²) in [5.41, 5.74) is 2.03. The number of nitrogens with one attached hydrogen (secondary N) is 1. The van der Waals surface area contributed by atoms with Crippen LogP contribution in [-0.4, -0.2) is 23.2 Å². The highest BCUT2D eigenvalue weighted by molar-refractivity contribution is 6.07. The molecule has 1 amide bonds. The zero-order chi connectivity index (χ0) is 13.3. The van der Waals surface area contributed by atoms with Gasteiger partial charge in [0.2, 0.25) is 0 Å². The smallest absolute Gasteiger partial charge is 0.261 e. The van der Waals surface area contributed by atoms with E-state index in [-0.39, 0.29) is 11.6 Å². The molecule has 0 saturated heterocycles. The number of aryl methyl sites for hydroxylation is 2. The van der Waals surface area contributed by atoms with Gasteiger partial charge in [0.25, 0.3) is 5.91 Å². The predicted octanol–water partition coefficient (Wildman–Crippen LogP) is 2.44. The first-order valence-corrected chi connectivity index (χ1v) is 5.56. The SMILES string of the molecule is Cc1n[nH]c(C)c1C(=O)N(C)c1ccccc1F. The Bertz CT molecular complexity index is 572. The summed E-state index contributed by atoms with van der Waals surface area (Å²) in [5.74, 6) is -0.698. The zero-order valence-corrected chi connectivity index (χ0v) is 10.5. The maximum absolute atomic E-state index is 13.6. The number of amides is 1. The van der Waals surface area contributed by atoms with E-state index in [0.29, 0.717) is 17.0 Å². The molecule has 1 heterocycles. The fourth-order valence-electron chi connectivity index (χ4n) is 1.87. The molecule has 0 radical (unpaired) electrons. The van der Waals surface area contributed by atoms with Crippen LogP contribution >= 0.6 is 0 Å². The lowest BCUT2D eigenvalue weighted by Crippen LogP contribution is -2.28. The molecule has 0 spiro atoms. The van der Waals surface area contributed by atoms with Crippen LogP contribution in [0.3, 0.4) is 0 Å². The van der Waals surface area contributed by atoms with E-state index in [1.54, 1.807) is 39.1 Å². The Morgan fingerprint density at radius 2 is 2.00 bits per heavy atom. The first-order chi connectivity index (χ1) is 8.52. The van der Waals surface area contributed by atoms with Crippen molar-refractivity contribution in [3.63, 3.8) is 0 Å². The van der Waals surface area contributed by atoms with E-state index in [0.717, 1.165) is 0 Å². The molecular weight excluding hydrogens is 233 g/mol. The van der Waals surface area contributed by atoms with Crippen LogP contribution in [0, 0.1) is 19.7 Å². The second kappa shape index (κ2) is 4.60. The van der Waals surface area contributed by atoms with Crippen LogP contribution in [-0.2, 0) is 0 Å². The summed E-state index contributed by atoms with van der Waals surface area (Å²) in [6.45, 7) is 3.51. The third-order valence-electron chi connectivity index (χ3n) is 2.86. The minimum atomic E-state index is -0.424. The van der Waals surface area contributed by atoms with Gasteiger partial charge in [-0.3, -0.25) is 9.89 Å². The van der Waals surface area contributed by atoms with E-state index in [1.807, 2.05) is 0 Å². The van der Waals surface area contributed by atoms with Gasteiger partial charge in [-0.15, -0.1) is 0 Å². The minimum absolute atomic E-state index is 0.252. The quantitative estimate of drug-likeness (QED) is 0.886. The Kier molecular flexibility index (Phi) is 3.14. The summed E-state index contributed by atoms with van der Waals surface area (Å²) < 4.78 is 13.6. The number of rotatable bonds is 2. The van der Waals surface area contributed by atoms with E-state index in [1.165, 1.54) is 11.0 Å². The number of carbonyl (C=O) groups is 1. The molecule has 0 aliphatic rings. The number of hydrogen-bond donors (Lipinski definition) is 1. The van der Waals surface area contributed by atoms with Gasteiger partial charge in [0.05, 0.1) is 16.9 Å². The van der Waals surface area contributed by atoms with Crippen molar-refractivity contribution >= 4 is 11.6 Å². The fourth-order valence-corrected chi connectivity index (χ4v) is 1.87. The second-order valence-corrected chi connectivity index (χ2v) is 4.12. The number of halogens is 1. The van der Waals surface area contributed by atoms with Crippen LogP contribution in [0.2, 0.25) is 0 Å². The lowest BCUT2D eigenvalue weighted by Gasteiger charge is -2.18. The lowest BCUT2D eigenvalue weighted by molar-refractivity contribution is 0.0991. The van der Waals surface area contributed by atoms with Gasteiger partial charge in [-0.1, -0.05) is 12.1 Å². The van der Waals surface area contributed by atoms with Gasteiger partial charge in [-0.25, -0.2) is 4.39 Å². The van der Waals surface area contributed by atoms with E-state index < -0.39 is 5.82 Å². The largest absolute Gasteiger partial charge is 0.309 e. The normalized spacial score (nSPS) is 10.4. The Labute approximate surface area is 104 Å². The number of aromatic amines is 1. The molecule has 0 atom stereocenters. The number of benzene rings is 1. The average molecular weight is 247 g/mol. The lowest BCUT2D eigenvalue weighted by atomic mass is 10.1. The summed E-state index contributed by atoms with van der Waals surface area (Å²) in [6.07, 6.45) is 0. The first kappa shape index (κ1) is 12.3. The van der Waals surface area contributed by atoms with E-state index >= 15 is 0 Å². The summed E-state index contributed by atoms with van der Waals surface area (Å²) in [6, 6.07) is 6.18.